The lowest BCUT2D eigenvalue weighted by molar-refractivity contribution is -0.183. The molecule has 0 aromatic heterocycles. The fourth-order valence-corrected chi connectivity index (χ4v) is 2.98. The first-order chi connectivity index (χ1) is 10.9. The molecule has 0 unspecified atom stereocenters. The number of hydrazone groups is 1. The summed E-state index contributed by atoms with van der Waals surface area (Å²) in [6.45, 7) is 3.22. The van der Waals surface area contributed by atoms with Crippen molar-refractivity contribution < 1.29 is 14.2 Å². The molecule has 0 aliphatic carbocycles. The quantitative estimate of drug-likeness (QED) is 0.784. The molecule has 2 aliphatic heterocycles. The summed E-state index contributed by atoms with van der Waals surface area (Å²) in [4.78, 5) is 0. The monoisotopic (exact) mass is 304 g/mol. The number of hydrogen-bond acceptors (Lipinski definition) is 5. The molecule has 2 heterocycles. The molecule has 0 N–H and O–H groups in total. The van der Waals surface area contributed by atoms with Crippen molar-refractivity contribution in [2.24, 2.45) is 5.10 Å². The van der Waals surface area contributed by atoms with E-state index in [-0.39, 0.29) is 6.29 Å². The van der Waals surface area contributed by atoms with Gasteiger partial charge < -0.3 is 14.2 Å². The zero-order valence-corrected chi connectivity index (χ0v) is 13.1. The first-order valence-corrected chi connectivity index (χ1v) is 8.00. The highest BCUT2D eigenvalue weighted by Crippen LogP contribution is 2.25. The Morgan fingerprint density at radius 1 is 1.27 bits per heavy atom. The maximum atomic E-state index is 5.72. The molecule has 0 amide bonds. The molecule has 2 fully saturated rings. The van der Waals surface area contributed by atoms with Gasteiger partial charge in [-0.3, -0.25) is 5.01 Å². The van der Waals surface area contributed by atoms with E-state index in [0.29, 0.717) is 6.04 Å². The minimum absolute atomic E-state index is 0.273. The first kappa shape index (κ1) is 15.5. The Bertz CT molecular complexity index is 500. The number of hydrogen-bond donors (Lipinski definition) is 0. The Morgan fingerprint density at radius 2 is 2.09 bits per heavy atom. The molecule has 5 heteroatoms. The highest BCUT2D eigenvalue weighted by molar-refractivity contribution is 5.81. The van der Waals surface area contributed by atoms with E-state index >= 15 is 0 Å². The molecular weight excluding hydrogens is 280 g/mol. The van der Waals surface area contributed by atoms with Crippen molar-refractivity contribution in [2.45, 2.75) is 31.6 Å². The van der Waals surface area contributed by atoms with Crippen LogP contribution in [0.4, 0.5) is 0 Å². The van der Waals surface area contributed by atoms with Gasteiger partial charge in [-0.2, -0.15) is 5.10 Å². The molecule has 1 aromatic rings. The van der Waals surface area contributed by atoms with Crippen LogP contribution in [0.1, 0.15) is 36.7 Å². The zero-order chi connectivity index (χ0) is 15.2. The zero-order valence-electron chi connectivity index (χ0n) is 13.1. The summed E-state index contributed by atoms with van der Waals surface area (Å²) < 4.78 is 16.7. The lowest BCUT2D eigenvalue weighted by Crippen LogP contribution is -2.28. The van der Waals surface area contributed by atoms with Crippen LogP contribution in [0, 0.1) is 0 Å². The Labute approximate surface area is 131 Å². The Balaban J connectivity index is 1.73. The minimum Gasteiger partial charge on any atom is -0.382 e. The lowest BCUT2D eigenvalue weighted by atomic mass is 10.1. The van der Waals surface area contributed by atoms with Crippen LogP contribution in [-0.4, -0.2) is 50.7 Å². The van der Waals surface area contributed by atoms with Crippen LogP contribution >= 0.6 is 0 Å². The fourth-order valence-electron chi connectivity index (χ4n) is 2.98. The molecule has 1 aromatic carbocycles. The standard InChI is InChI=1S/C17H24N2O3/c1-20-13-15-7-4-9-19(15)18-12-14-6-2-3-8-16(14)17-21-10-5-11-22-17/h2-3,6,8,12,15,17H,4-5,7,9-11,13H2,1H3/b18-12+/t15-/m0/s1. The minimum atomic E-state index is -0.273. The van der Waals surface area contributed by atoms with Crippen LogP contribution < -0.4 is 0 Å². The SMILES string of the molecule is COC[C@@H]1CCCN1/N=C/c1ccccc1C1OCCCO1. The normalized spacial score (nSPS) is 23.5. The molecule has 0 spiro atoms. The van der Waals surface area contributed by atoms with Crippen molar-refractivity contribution in [1.29, 1.82) is 0 Å². The van der Waals surface area contributed by atoms with Gasteiger partial charge in [-0.1, -0.05) is 24.3 Å². The van der Waals surface area contributed by atoms with Gasteiger partial charge in [0, 0.05) is 24.8 Å². The second kappa shape index (κ2) is 7.72. The van der Waals surface area contributed by atoms with E-state index in [1.165, 1.54) is 6.42 Å². The third-order valence-electron chi connectivity index (χ3n) is 4.13. The third kappa shape index (κ3) is 3.66. The van der Waals surface area contributed by atoms with Gasteiger partial charge in [-0.25, -0.2) is 0 Å². The second-order valence-corrected chi connectivity index (χ2v) is 5.72. The van der Waals surface area contributed by atoms with Crippen LogP contribution in [0.2, 0.25) is 0 Å². The number of ether oxygens (including phenoxy) is 3. The van der Waals surface area contributed by atoms with Crippen LogP contribution in [0.3, 0.4) is 0 Å². The van der Waals surface area contributed by atoms with Crippen molar-refractivity contribution in [3.8, 4) is 0 Å². The highest BCUT2D eigenvalue weighted by Gasteiger charge is 2.23. The van der Waals surface area contributed by atoms with Gasteiger partial charge in [0.1, 0.15) is 0 Å². The van der Waals surface area contributed by atoms with E-state index in [1.807, 2.05) is 24.4 Å². The van der Waals surface area contributed by atoms with Gasteiger partial charge in [0.15, 0.2) is 6.29 Å². The van der Waals surface area contributed by atoms with Crippen molar-refractivity contribution >= 4 is 6.21 Å². The predicted octanol–water partition coefficient (Wildman–Crippen LogP) is 2.57. The summed E-state index contributed by atoms with van der Waals surface area (Å²) in [6.07, 6.45) is 4.91. The summed E-state index contributed by atoms with van der Waals surface area (Å²) in [5.74, 6) is 0. The molecule has 5 nitrogen and oxygen atoms in total. The highest BCUT2D eigenvalue weighted by atomic mass is 16.7. The average Bonchev–Trinajstić information content (AvgIpc) is 3.02. The number of benzene rings is 1. The molecule has 3 rings (SSSR count). The van der Waals surface area contributed by atoms with Crippen LogP contribution in [0.5, 0.6) is 0 Å². The van der Waals surface area contributed by atoms with Crippen LogP contribution in [0.25, 0.3) is 0 Å². The van der Waals surface area contributed by atoms with Gasteiger partial charge in [-0.05, 0) is 19.3 Å². The van der Waals surface area contributed by atoms with Gasteiger partial charge in [0.2, 0.25) is 0 Å². The fraction of sp³-hybridized carbons (Fsp3) is 0.588. The molecule has 0 radical (unpaired) electrons. The summed E-state index contributed by atoms with van der Waals surface area (Å²) in [5, 5.41) is 6.79. The maximum Gasteiger partial charge on any atom is 0.184 e. The van der Waals surface area contributed by atoms with Crippen LogP contribution in [-0.2, 0) is 14.2 Å². The van der Waals surface area contributed by atoms with Crippen molar-refractivity contribution in [3.63, 3.8) is 0 Å². The first-order valence-electron chi connectivity index (χ1n) is 8.00. The Hall–Kier alpha value is -1.43. The summed E-state index contributed by atoms with van der Waals surface area (Å²) in [5.41, 5.74) is 2.10. The molecule has 22 heavy (non-hydrogen) atoms. The largest absolute Gasteiger partial charge is 0.382 e. The molecule has 0 bridgehead atoms. The van der Waals surface area contributed by atoms with Gasteiger partial charge >= 0.3 is 0 Å². The van der Waals surface area contributed by atoms with Crippen LogP contribution in [0.15, 0.2) is 29.4 Å². The third-order valence-corrected chi connectivity index (χ3v) is 4.13. The summed E-state index contributed by atoms with van der Waals surface area (Å²) >= 11 is 0. The smallest absolute Gasteiger partial charge is 0.184 e. The summed E-state index contributed by atoms with van der Waals surface area (Å²) in [6, 6.07) is 8.52. The van der Waals surface area contributed by atoms with Gasteiger partial charge in [0.05, 0.1) is 32.1 Å². The lowest BCUT2D eigenvalue weighted by Gasteiger charge is -2.25. The molecule has 1 atom stereocenters. The number of nitrogens with zero attached hydrogens (tertiary/aromatic N) is 2. The van der Waals surface area contributed by atoms with E-state index in [0.717, 1.165) is 50.3 Å². The van der Waals surface area contributed by atoms with E-state index in [9.17, 15) is 0 Å². The topological polar surface area (TPSA) is 43.3 Å². The predicted molar refractivity (Wildman–Crippen MR) is 84.9 cm³/mol. The van der Waals surface area contributed by atoms with Crippen molar-refractivity contribution in [2.75, 3.05) is 33.5 Å². The van der Waals surface area contributed by atoms with Crippen molar-refractivity contribution in [3.05, 3.63) is 35.4 Å². The average molecular weight is 304 g/mol. The molecule has 2 aliphatic rings. The van der Waals surface area contributed by atoms with E-state index in [2.05, 4.69) is 16.2 Å². The Kier molecular flexibility index (Phi) is 5.43. The second-order valence-electron chi connectivity index (χ2n) is 5.72. The molecule has 0 saturated carbocycles. The summed E-state index contributed by atoms with van der Waals surface area (Å²) in [7, 11) is 1.74. The molecular formula is C17H24N2O3. The van der Waals surface area contributed by atoms with E-state index < -0.39 is 0 Å². The maximum absolute atomic E-state index is 5.72. The van der Waals surface area contributed by atoms with Crippen molar-refractivity contribution in [1.82, 2.24) is 5.01 Å². The van der Waals surface area contributed by atoms with E-state index in [4.69, 9.17) is 14.2 Å². The van der Waals surface area contributed by atoms with Gasteiger partial charge in [0.25, 0.3) is 0 Å². The molecule has 2 saturated heterocycles. The Morgan fingerprint density at radius 3 is 2.91 bits per heavy atom. The van der Waals surface area contributed by atoms with Gasteiger partial charge in [-0.15, -0.1) is 0 Å². The van der Waals surface area contributed by atoms with E-state index in [1.54, 1.807) is 7.11 Å². The molecule has 120 valence electrons. The number of methoxy groups -OCH3 is 1. The number of rotatable bonds is 5.